The van der Waals surface area contributed by atoms with Gasteiger partial charge in [0, 0.05) is 6.42 Å². The van der Waals surface area contributed by atoms with Gasteiger partial charge in [-0.3, -0.25) is 4.79 Å². The number of rotatable bonds is 6. The zero-order chi connectivity index (χ0) is 20.3. The van der Waals surface area contributed by atoms with E-state index in [-0.39, 0.29) is 6.10 Å². The molecular weight excluding hydrogens is 348 g/mol. The summed E-state index contributed by atoms with van der Waals surface area (Å²) in [4.78, 5) is 10.8. The van der Waals surface area contributed by atoms with E-state index in [2.05, 4.69) is 32.6 Å². The highest BCUT2D eigenvalue weighted by Gasteiger charge is 2.50. The number of aliphatic hydroxyl groups excluding tert-OH is 1. The monoisotopic (exact) mass is 386 g/mol. The maximum atomic E-state index is 10.8. The molecule has 5 atom stereocenters. The number of carboxylic acids is 1. The van der Waals surface area contributed by atoms with E-state index < -0.39 is 5.97 Å². The molecule has 3 fully saturated rings. The van der Waals surface area contributed by atoms with Gasteiger partial charge in [0.1, 0.15) is 0 Å². The second kappa shape index (κ2) is 8.98. The average molecular weight is 387 g/mol. The minimum atomic E-state index is -0.673. The van der Waals surface area contributed by atoms with Gasteiger partial charge in [-0.15, -0.1) is 0 Å². The summed E-state index contributed by atoms with van der Waals surface area (Å²) in [6.07, 6.45) is 15.3. The number of hydrogen-bond acceptors (Lipinski definition) is 2. The summed E-state index contributed by atoms with van der Waals surface area (Å²) in [5, 5.41) is 18.9. The number of fused-ring (bicyclic) bond motifs is 1. The molecule has 0 radical (unpaired) electrons. The average Bonchev–Trinajstić information content (AvgIpc) is 2.99. The van der Waals surface area contributed by atoms with Crippen LogP contribution in [-0.4, -0.2) is 22.3 Å². The number of allylic oxidation sites excluding steroid dienone is 4. The molecule has 0 spiro atoms. The molecule has 0 aliphatic heterocycles. The number of aliphatic carboxylic acids is 1. The second-order valence-corrected chi connectivity index (χ2v) is 9.79. The third-order valence-corrected chi connectivity index (χ3v) is 7.96. The molecule has 3 saturated carbocycles. The van der Waals surface area contributed by atoms with Crippen LogP contribution < -0.4 is 0 Å². The minimum absolute atomic E-state index is 0.214. The lowest BCUT2D eigenvalue weighted by molar-refractivity contribution is -0.137. The van der Waals surface area contributed by atoms with Crippen LogP contribution in [0.5, 0.6) is 0 Å². The molecule has 3 aliphatic rings. The highest BCUT2D eigenvalue weighted by Crippen LogP contribution is 2.59. The van der Waals surface area contributed by atoms with Crippen LogP contribution >= 0.6 is 0 Å². The van der Waals surface area contributed by atoms with Crippen LogP contribution in [0.4, 0.5) is 0 Å². The molecule has 156 valence electrons. The fourth-order valence-corrected chi connectivity index (χ4v) is 6.39. The fourth-order valence-electron chi connectivity index (χ4n) is 6.39. The van der Waals surface area contributed by atoms with E-state index in [1.807, 2.05) is 0 Å². The first-order valence-electron chi connectivity index (χ1n) is 11.3. The maximum Gasteiger partial charge on any atom is 0.303 e. The first kappa shape index (κ1) is 21.4. The van der Waals surface area contributed by atoms with Gasteiger partial charge in [0.25, 0.3) is 0 Å². The fraction of sp³-hybridized carbons (Fsp3) is 0.720. The van der Waals surface area contributed by atoms with Gasteiger partial charge in [-0.1, -0.05) is 43.7 Å². The molecule has 0 amide bonds. The molecular formula is C25H38O3. The number of aliphatic hydroxyl groups is 1. The SMILES string of the molecule is C=C1CC[C@H](O)CC1=CC=C1CCC[C@]2(C)[C@@H]([C@H](C)CCCC(=O)O)CC[C@@H]12. The minimum Gasteiger partial charge on any atom is -0.481 e. The van der Waals surface area contributed by atoms with Crippen molar-refractivity contribution in [2.24, 2.45) is 23.2 Å². The normalized spacial score (nSPS) is 37.2. The molecule has 3 rings (SSSR count). The van der Waals surface area contributed by atoms with Gasteiger partial charge >= 0.3 is 5.97 Å². The van der Waals surface area contributed by atoms with E-state index >= 15 is 0 Å². The predicted octanol–water partition coefficient (Wildman–Crippen LogP) is 6.05. The van der Waals surface area contributed by atoms with Gasteiger partial charge in [-0.05, 0) is 93.0 Å². The Bertz CT molecular complexity index is 659. The molecule has 0 saturated heterocycles. The lowest BCUT2D eigenvalue weighted by Gasteiger charge is -2.44. The lowest BCUT2D eigenvalue weighted by atomic mass is 9.60. The molecule has 0 aromatic rings. The van der Waals surface area contributed by atoms with Gasteiger partial charge in [-0.2, -0.15) is 0 Å². The standard InChI is InChI=1S/C25H38O3/c1-17-9-12-21(26)16-20(17)11-10-19-7-5-15-25(3)22(13-14-23(19)25)18(2)6-4-8-24(27)28/h10-11,18,21-23,26H,1,4-9,12-16H2,2-3H3,(H,27,28)/t18-,21+,22-,23+,25-/m1/s1. The number of carbonyl (C=O) groups is 1. The summed E-state index contributed by atoms with van der Waals surface area (Å²) < 4.78 is 0. The van der Waals surface area contributed by atoms with Crippen LogP contribution in [-0.2, 0) is 4.79 Å². The zero-order valence-corrected chi connectivity index (χ0v) is 17.8. The molecule has 0 aromatic heterocycles. The lowest BCUT2D eigenvalue weighted by Crippen LogP contribution is -2.36. The molecule has 3 heteroatoms. The summed E-state index contributed by atoms with van der Waals surface area (Å²) in [6, 6.07) is 0. The van der Waals surface area contributed by atoms with Crippen molar-refractivity contribution in [1.82, 2.24) is 0 Å². The Morgan fingerprint density at radius 3 is 2.82 bits per heavy atom. The summed E-state index contributed by atoms with van der Waals surface area (Å²) >= 11 is 0. The van der Waals surface area contributed by atoms with Crippen molar-refractivity contribution in [3.05, 3.63) is 35.5 Å². The van der Waals surface area contributed by atoms with E-state index in [9.17, 15) is 9.90 Å². The first-order chi connectivity index (χ1) is 13.3. The van der Waals surface area contributed by atoms with Crippen molar-refractivity contribution < 1.29 is 15.0 Å². The Kier molecular flexibility index (Phi) is 6.85. The van der Waals surface area contributed by atoms with Crippen molar-refractivity contribution in [1.29, 1.82) is 0 Å². The van der Waals surface area contributed by atoms with Crippen molar-refractivity contribution in [3.63, 3.8) is 0 Å². The second-order valence-electron chi connectivity index (χ2n) is 9.79. The Labute approximate surface area is 170 Å². The van der Waals surface area contributed by atoms with Crippen LogP contribution in [0.1, 0.15) is 84.5 Å². The highest BCUT2D eigenvalue weighted by molar-refractivity contribution is 5.66. The van der Waals surface area contributed by atoms with Gasteiger partial charge in [0.2, 0.25) is 0 Å². The van der Waals surface area contributed by atoms with Crippen molar-refractivity contribution in [3.8, 4) is 0 Å². The highest BCUT2D eigenvalue weighted by atomic mass is 16.4. The molecule has 2 N–H and O–H groups in total. The molecule has 0 bridgehead atoms. The van der Waals surface area contributed by atoms with E-state index in [1.165, 1.54) is 43.3 Å². The first-order valence-corrected chi connectivity index (χ1v) is 11.3. The van der Waals surface area contributed by atoms with Gasteiger partial charge in [0.15, 0.2) is 0 Å². The van der Waals surface area contributed by atoms with Crippen LogP contribution in [0.2, 0.25) is 0 Å². The molecule has 3 aliphatic carbocycles. The van der Waals surface area contributed by atoms with Crippen LogP contribution in [0, 0.1) is 23.2 Å². The van der Waals surface area contributed by atoms with E-state index in [0.29, 0.717) is 29.6 Å². The Morgan fingerprint density at radius 2 is 2.07 bits per heavy atom. The third-order valence-electron chi connectivity index (χ3n) is 7.96. The van der Waals surface area contributed by atoms with E-state index in [0.717, 1.165) is 32.1 Å². The van der Waals surface area contributed by atoms with Gasteiger partial charge in [-0.25, -0.2) is 0 Å². The quantitative estimate of drug-likeness (QED) is 0.584. The van der Waals surface area contributed by atoms with Gasteiger partial charge in [0.05, 0.1) is 6.10 Å². The molecule has 3 nitrogen and oxygen atoms in total. The predicted molar refractivity (Wildman–Crippen MR) is 114 cm³/mol. The van der Waals surface area contributed by atoms with Crippen LogP contribution in [0.25, 0.3) is 0 Å². The molecule has 0 heterocycles. The topological polar surface area (TPSA) is 57.5 Å². The zero-order valence-electron chi connectivity index (χ0n) is 17.8. The molecule has 0 aromatic carbocycles. The van der Waals surface area contributed by atoms with Crippen LogP contribution in [0.3, 0.4) is 0 Å². The van der Waals surface area contributed by atoms with Crippen LogP contribution in [0.15, 0.2) is 35.5 Å². The largest absolute Gasteiger partial charge is 0.481 e. The summed E-state index contributed by atoms with van der Waals surface area (Å²) in [5.74, 6) is 1.29. The third kappa shape index (κ3) is 4.62. The molecule has 0 unspecified atom stereocenters. The number of carboxylic acid groups (broad SMARTS) is 1. The summed E-state index contributed by atoms with van der Waals surface area (Å²) in [5.41, 5.74) is 4.37. The summed E-state index contributed by atoms with van der Waals surface area (Å²) in [7, 11) is 0. The van der Waals surface area contributed by atoms with Gasteiger partial charge < -0.3 is 10.2 Å². The van der Waals surface area contributed by atoms with E-state index in [4.69, 9.17) is 5.11 Å². The van der Waals surface area contributed by atoms with Crippen molar-refractivity contribution >= 4 is 5.97 Å². The Hall–Kier alpha value is -1.35. The number of hydrogen-bond donors (Lipinski definition) is 2. The van der Waals surface area contributed by atoms with Crippen molar-refractivity contribution in [2.75, 3.05) is 0 Å². The van der Waals surface area contributed by atoms with E-state index in [1.54, 1.807) is 5.57 Å². The van der Waals surface area contributed by atoms with Crippen molar-refractivity contribution in [2.45, 2.75) is 90.6 Å². The molecule has 28 heavy (non-hydrogen) atoms. The smallest absolute Gasteiger partial charge is 0.303 e. The maximum absolute atomic E-state index is 10.8. The Morgan fingerprint density at radius 1 is 1.29 bits per heavy atom. The summed E-state index contributed by atoms with van der Waals surface area (Å²) in [6.45, 7) is 9.03. The Balaban J connectivity index is 1.70.